The second kappa shape index (κ2) is 3.43. The molecular weight excluding hydrogens is 268 g/mol. The molecule has 3 rings (SSSR count). The smallest absolute Gasteiger partial charge is 0.149 e. The Morgan fingerprint density at radius 1 is 1.44 bits per heavy atom. The molecule has 82 valence electrons. The molecule has 0 spiro atoms. The second-order valence-corrected chi connectivity index (χ2v) is 4.98. The van der Waals surface area contributed by atoms with Gasteiger partial charge in [0, 0.05) is 29.8 Å². The highest BCUT2D eigenvalue weighted by molar-refractivity contribution is 9.10. The number of benzene rings is 1. The first-order valence-electron chi connectivity index (χ1n) is 5.20. The van der Waals surface area contributed by atoms with E-state index in [9.17, 15) is 5.11 Å². The molecule has 0 unspecified atom stereocenters. The van der Waals surface area contributed by atoms with Crippen LogP contribution < -0.4 is 0 Å². The van der Waals surface area contributed by atoms with E-state index in [1.165, 1.54) is 0 Å². The Morgan fingerprint density at radius 3 is 3.12 bits per heavy atom. The zero-order valence-electron chi connectivity index (χ0n) is 8.60. The largest absolute Gasteiger partial charge is 0.377 e. The number of hydrogen-bond donors (Lipinski definition) is 1. The molecule has 1 N–H and O–H groups in total. The van der Waals surface area contributed by atoms with Gasteiger partial charge >= 0.3 is 0 Å². The lowest BCUT2D eigenvalue weighted by atomic mass is 9.92. The Morgan fingerprint density at radius 2 is 2.31 bits per heavy atom. The lowest BCUT2D eigenvalue weighted by Gasteiger charge is -2.21. The van der Waals surface area contributed by atoms with Crippen molar-refractivity contribution in [2.24, 2.45) is 0 Å². The van der Waals surface area contributed by atoms with E-state index in [4.69, 9.17) is 0 Å². The van der Waals surface area contributed by atoms with Crippen LogP contribution in [-0.4, -0.2) is 14.7 Å². The van der Waals surface area contributed by atoms with Crippen molar-refractivity contribution in [3.8, 4) is 0 Å². The minimum Gasteiger partial charge on any atom is -0.377 e. The molecule has 4 heteroatoms. The lowest BCUT2D eigenvalue weighted by Crippen LogP contribution is -2.24. The average molecular weight is 279 g/mol. The first-order chi connectivity index (χ1) is 7.70. The summed E-state index contributed by atoms with van der Waals surface area (Å²) in [6, 6.07) is 7.77. The summed E-state index contributed by atoms with van der Waals surface area (Å²) in [5, 5.41) is 10.7. The van der Waals surface area contributed by atoms with Gasteiger partial charge in [-0.2, -0.15) is 0 Å². The van der Waals surface area contributed by atoms with E-state index in [1.54, 1.807) is 6.20 Å². The van der Waals surface area contributed by atoms with E-state index in [0.29, 0.717) is 6.42 Å². The van der Waals surface area contributed by atoms with Crippen LogP contribution in [0.5, 0.6) is 0 Å². The van der Waals surface area contributed by atoms with Crippen LogP contribution in [-0.2, 0) is 12.1 Å². The first-order valence-corrected chi connectivity index (χ1v) is 5.99. The number of aromatic nitrogens is 2. The summed E-state index contributed by atoms with van der Waals surface area (Å²) in [6.45, 7) is 0.818. The zero-order chi connectivity index (χ0) is 11.2. The molecule has 2 aromatic rings. The highest BCUT2D eigenvalue weighted by Crippen LogP contribution is 2.37. The summed E-state index contributed by atoms with van der Waals surface area (Å²) in [4.78, 5) is 4.25. The summed E-state index contributed by atoms with van der Waals surface area (Å²) < 4.78 is 2.98. The van der Waals surface area contributed by atoms with E-state index >= 15 is 0 Å². The third kappa shape index (κ3) is 1.33. The minimum atomic E-state index is -0.937. The average Bonchev–Trinajstić information content (AvgIpc) is 2.84. The molecule has 1 aliphatic heterocycles. The van der Waals surface area contributed by atoms with E-state index in [-0.39, 0.29) is 0 Å². The van der Waals surface area contributed by atoms with Gasteiger partial charge in [0.05, 0.1) is 0 Å². The van der Waals surface area contributed by atoms with Crippen molar-refractivity contribution >= 4 is 15.9 Å². The van der Waals surface area contributed by atoms with Crippen LogP contribution in [0.15, 0.2) is 41.1 Å². The van der Waals surface area contributed by atoms with Crippen molar-refractivity contribution in [3.63, 3.8) is 0 Å². The Balaban J connectivity index is 2.14. The van der Waals surface area contributed by atoms with Crippen LogP contribution in [0.2, 0.25) is 0 Å². The molecule has 0 saturated heterocycles. The molecule has 1 aliphatic rings. The Bertz CT molecular complexity index is 537. The predicted molar refractivity (Wildman–Crippen MR) is 64.0 cm³/mol. The summed E-state index contributed by atoms with van der Waals surface area (Å²) in [7, 11) is 0. The van der Waals surface area contributed by atoms with Gasteiger partial charge in [-0.15, -0.1) is 0 Å². The van der Waals surface area contributed by atoms with Crippen LogP contribution in [0.1, 0.15) is 17.8 Å². The Hall–Kier alpha value is -1.13. The van der Waals surface area contributed by atoms with E-state index < -0.39 is 5.60 Å². The fourth-order valence-electron chi connectivity index (χ4n) is 2.27. The molecule has 0 saturated carbocycles. The third-order valence-electron chi connectivity index (χ3n) is 3.10. The molecule has 1 atom stereocenters. The highest BCUT2D eigenvalue weighted by atomic mass is 79.9. The maximum absolute atomic E-state index is 10.7. The third-order valence-corrected chi connectivity index (χ3v) is 3.60. The molecular formula is C12H11BrN2O. The van der Waals surface area contributed by atoms with Gasteiger partial charge in [0.15, 0.2) is 0 Å². The predicted octanol–water partition coefficient (Wildman–Crippen LogP) is 2.29. The topological polar surface area (TPSA) is 38.0 Å². The van der Waals surface area contributed by atoms with Crippen molar-refractivity contribution in [1.82, 2.24) is 9.55 Å². The molecule has 0 aliphatic carbocycles. The first kappa shape index (κ1) is 10.1. The van der Waals surface area contributed by atoms with Crippen LogP contribution in [0.25, 0.3) is 0 Å². The van der Waals surface area contributed by atoms with Gasteiger partial charge in [0.2, 0.25) is 0 Å². The van der Waals surface area contributed by atoms with Crippen molar-refractivity contribution in [2.45, 2.75) is 18.6 Å². The standard InChI is InChI=1S/C12H11BrN2O/c13-10-3-1-2-9(8-10)12(16)4-6-15-7-5-14-11(12)15/h1-3,5,7-8,16H,4,6H2/t12-/m1/s1. The lowest BCUT2D eigenvalue weighted by molar-refractivity contribution is 0.0785. The molecule has 2 heterocycles. The molecule has 3 nitrogen and oxygen atoms in total. The summed E-state index contributed by atoms with van der Waals surface area (Å²) >= 11 is 3.43. The van der Waals surface area contributed by atoms with Crippen LogP contribution in [0, 0.1) is 0 Å². The van der Waals surface area contributed by atoms with Crippen LogP contribution in [0.4, 0.5) is 0 Å². The van der Waals surface area contributed by atoms with Crippen molar-refractivity contribution < 1.29 is 5.11 Å². The highest BCUT2D eigenvalue weighted by Gasteiger charge is 2.40. The number of rotatable bonds is 1. The molecule has 0 fully saturated rings. The van der Waals surface area contributed by atoms with Gasteiger partial charge < -0.3 is 9.67 Å². The number of aliphatic hydroxyl groups is 1. The van der Waals surface area contributed by atoms with Gasteiger partial charge in [-0.25, -0.2) is 4.98 Å². The number of imidazole rings is 1. The number of fused-ring (bicyclic) bond motifs is 1. The molecule has 16 heavy (non-hydrogen) atoms. The molecule has 0 radical (unpaired) electrons. The van der Waals surface area contributed by atoms with E-state index in [2.05, 4.69) is 20.9 Å². The summed E-state index contributed by atoms with van der Waals surface area (Å²) in [6.07, 6.45) is 4.33. The Labute approximate surface area is 102 Å². The fraction of sp³-hybridized carbons (Fsp3) is 0.250. The Kier molecular flexibility index (Phi) is 2.16. The van der Waals surface area contributed by atoms with Gasteiger partial charge in [0.25, 0.3) is 0 Å². The fourth-order valence-corrected chi connectivity index (χ4v) is 2.67. The number of aryl methyl sites for hydroxylation is 1. The summed E-state index contributed by atoms with van der Waals surface area (Å²) in [5.74, 6) is 0.741. The van der Waals surface area contributed by atoms with Gasteiger partial charge in [0.1, 0.15) is 11.4 Å². The quantitative estimate of drug-likeness (QED) is 0.869. The minimum absolute atomic E-state index is 0.687. The number of hydrogen-bond acceptors (Lipinski definition) is 2. The maximum atomic E-state index is 10.7. The van der Waals surface area contributed by atoms with Crippen LogP contribution in [0.3, 0.4) is 0 Å². The van der Waals surface area contributed by atoms with Gasteiger partial charge in [-0.3, -0.25) is 0 Å². The monoisotopic (exact) mass is 278 g/mol. The van der Waals surface area contributed by atoms with Crippen molar-refractivity contribution in [2.75, 3.05) is 0 Å². The van der Waals surface area contributed by atoms with Crippen molar-refractivity contribution in [1.29, 1.82) is 0 Å². The molecule has 1 aromatic carbocycles. The number of nitrogens with zero attached hydrogens (tertiary/aromatic N) is 2. The van der Waals surface area contributed by atoms with E-state index in [1.807, 2.05) is 35.0 Å². The normalized spacial score (nSPS) is 23.4. The second-order valence-electron chi connectivity index (χ2n) is 4.06. The van der Waals surface area contributed by atoms with Gasteiger partial charge in [-0.05, 0) is 17.7 Å². The molecule has 0 bridgehead atoms. The molecule has 1 aromatic heterocycles. The summed E-state index contributed by atoms with van der Waals surface area (Å²) in [5.41, 5.74) is -0.0420. The zero-order valence-corrected chi connectivity index (χ0v) is 10.2. The van der Waals surface area contributed by atoms with Crippen LogP contribution >= 0.6 is 15.9 Å². The van der Waals surface area contributed by atoms with Gasteiger partial charge in [-0.1, -0.05) is 28.1 Å². The maximum Gasteiger partial charge on any atom is 0.149 e. The van der Waals surface area contributed by atoms with E-state index in [0.717, 1.165) is 22.4 Å². The number of halogens is 1. The SMILES string of the molecule is O[C@@]1(c2cccc(Br)c2)CCn2ccnc21. The van der Waals surface area contributed by atoms with Crippen molar-refractivity contribution in [3.05, 3.63) is 52.5 Å². The molecule has 0 amide bonds.